The van der Waals surface area contributed by atoms with Gasteiger partial charge in [-0.3, -0.25) is 0 Å². The number of rotatable bonds is 3. The third-order valence-corrected chi connectivity index (χ3v) is 4.20. The average molecular weight is 286 g/mol. The maximum Gasteiger partial charge on any atom is 0.326 e. The van der Waals surface area contributed by atoms with Crippen molar-refractivity contribution in [1.82, 2.24) is 9.80 Å². The molecule has 2 rings (SSSR count). The largest absolute Gasteiger partial charge is 0.480 e. The summed E-state index contributed by atoms with van der Waals surface area (Å²) in [5.41, 5.74) is -0.860. The fraction of sp³-hybridized carbons (Fsp3) is 0.846. The van der Waals surface area contributed by atoms with Crippen molar-refractivity contribution in [2.45, 2.75) is 49.9 Å². The molecule has 114 valence electrons. The predicted molar refractivity (Wildman–Crippen MR) is 70.2 cm³/mol. The summed E-state index contributed by atoms with van der Waals surface area (Å²) < 4.78 is 0. The van der Waals surface area contributed by atoms with Crippen LogP contribution in [0.1, 0.15) is 32.1 Å². The molecule has 1 aliphatic carbocycles. The summed E-state index contributed by atoms with van der Waals surface area (Å²) in [6.45, 7) is 0.226. The fourth-order valence-electron chi connectivity index (χ4n) is 3.18. The van der Waals surface area contributed by atoms with E-state index < -0.39 is 29.7 Å². The maximum atomic E-state index is 12.3. The van der Waals surface area contributed by atoms with Crippen molar-refractivity contribution in [2.75, 3.05) is 20.1 Å². The SMILES string of the molecule is CN(CC1(O)CCCC1)C(=O)N1C[C@H](O)C[C@@H]1C(=O)O. The summed E-state index contributed by atoms with van der Waals surface area (Å²) in [4.78, 5) is 26.0. The van der Waals surface area contributed by atoms with E-state index in [9.17, 15) is 19.8 Å². The third-order valence-electron chi connectivity index (χ3n) is 4.20. The quantitative estimate of drug-likeness (QED) is 0.670. The van der Waals surface area contributed by atoms with Gasteiger partial charge in [-0.05, 0) is 12.8 Å². The number of aliphatic hydroxyl groups excluding tert-OH is 1. The Morgan fingerprint density at radius 3 is 2.50 bits per heavy atom. The lowest BCUT2D eigenvalue weighted by atomic mass is 10.0. The van der Waals surface area contributed by atoms with E-state index >= 15 is 0 Å². The molecule has 20 heavy (non-hydrogen) atoms. The first-order valence-corrected chi connectivity index (χ1v) is 6.97. The Hall–Kier alpha value is -1.34. The Morgan fingerprint density at radius 2 is 1.95 bits per heavy atom. The molecule has 0 aromatic rings. The Morgan fingerprint density at radius 1 is 1.35 bits per heavy atom. The highest BCUT2D eigenvalue weighted by molar-refractivity contribution is 5.83. The minimum Gasteiger partial charge on any atom is -0.480 e. The van der Waals surface area contributed by atoms with Crippen molar-refractivity contribution in [2.24, 2.45) is 0 Å². The standard InChI is InChI=1S/C13H22N2O5/c1-14(8-13(20)4-2-3-5-13)12(19)15-7-9(16)6-10(15)11(17)18/h9-10,16,20H,2-8H2,1H3,(H,17,18)/t9-,10-/m1/s1. The molecule has 7 nitrogen and oxygen atoms in total. The molecular weight excluding hydrogens is 264 g/mol. The van der Waals surface area contributed by atoms with Gasteiger partial charge in [-0.15, -0.1) is 0 Å². The van der Waals surface area contributed by atoms with Crippen molar-refractivity contribution in [3.63, 3.8) is 0 Å². The minimum absolute atomic E-state index is 0.0264. The number of nitrogens with zero attached hydrogens (tertiary/aromatic N) is 2. The van der Waals surface area contributed by atoms with Gasteiger partial charge in [-0.25, -0.2) is 9.59 Å². The Balaban J connectivity index is 2.00. The number of likely N-dealkylation sites (tertiary alicyclic amines) is 1. The molecule has 0 aromatic carbocycles. The Bertz CT molecular complexity index is 394. The molecule has 0 bridgehead atoms. The molecule has 3 N–H and O–H groups in total. The molecule has 2 fully saturated rings. The van der Waals surface area contributed by atoms with Crippen LogP contribution in [0.5, 0.6) is 0 Å². The lowest BCUT2D eigenvalue weighted by molar-refractivity contribution is -0.141. The average Bonchev–Trinajstić information content (AvgIpc) is 2.94. The van der Waals surface area contributed by atoms with Gasteiger partial charge in [0, 0.05) is 20.0 Å². The molecule has 2 amide bonds. The van der Waals surface area contributed by atoms with Gasteiger partial charge >= 0.3 is 12.0 Å². The van der Waals surface area contributed by atoms with Crippen molar-refractivity contribution in [1.29, 1.82) is 0 Å². The monoisotopic (exact) mass is 286 g/mol. The molecule has 1 aliphatic heterocycles. The number of urea groups is 1. The Kier molecular flexibility index (Phi) is 4.19. The molecule has 0 unspecified atom stereocenters. The topological polar surface area (TPSA) is 101 Å². The van der Waals surface area contributed by atoms with E-state index in [-0.39, 0.29) is 19.5 Å². The molecule has 1 saturated carbocycles. The van der Waals surface area contributed by atoms with Crippen LogP contribution in [-0.2, 0) is 4.79 Å². The number of aliphatic carboxylic acids is 1. The van der Waals surface area contributed by atoms with Gasteiger partial charge in [-0.2, -0.15) is 0 Å². The highest BCUT2D eigenvalue weighted by atomic mass is 16.4. The lowest BCUT2D eigenvalue weighted by Gasteiger charge is -2.32. The Labute approximate surface area is 117 Å². The molecule has 2 atom stereocenters. The number of hydrogen-bond donors (Lipinski definition) is 3. The number of aliphatic hydroxyl groups is 2. The van der Waals surface area contributed by atoms with Gasteiger partial charge in [0.25, 0.3) is 0 Å². The maximum absolute atomic E-state index is 12.3. The van der Waals surface area contributed by atoms with Crippen LogP contribution in [0.2, 0.25) is 0 Å². The number of β-amino-alcohol motifs (C(OH)–C–C–N with tert-alkyl or cyclic N) is 1. The van der Waals surface area contributed by atoms with Crippen LogP contribution in [0, 0.1) is 0 Å². The van der Waals surface area contributed by atoms with Crippen molar-refractivity contribution < 1.29 is 24.9 Å². The molecule has 0 radical (unpaired) electrons. The zero-order valence-electron chi connectivity index (χ0n) is 11.7. The van der Waals surface area contributed by atoms with Crippen LogP contribution in [0.4, 0.5) is 4.79 Å². The first-order valence-electron chi connectivity index (χ1n) is 6.97. The summed E-state index contributed by atoms with van der Waals surface area (Å²) >= 11 is 0. The van der Waals surface area contributed by atoms with E-state index in [1.807, 2.05) is 0 Å². The molecule has 7 heteroatoms. The lowest BCUT2D eigenvalue weighted by Crippen LogP contribution is -2.50. The summed E-state index contributed by atoms with van der Waals surface area (Å²) in [6.07, 6.45) is 2.46. The van der Waals surface area contributed by atoms with E-state index in [0.717, 1.165) is 12.8 Å². The molecule has 1 saturated heterocycles. The molecule has 0 spiro atoms. The number of hydrogen-bond acceptors (Lipinski definition) is 4. The summed E-state index contributed by atoms with van der Waals surface area (Å²) in [6, 6.07) is -1.44. The van der Waals surface area contributed by atoms with Gasteiger partial charge < -0.3 is 25.1 Å². The van der Waals surface area contributed by atoms with Crippen molar-refractivity contribution in [3.8, 4) is 0 Å². The van der Waals surface area contributed by atoms with E-state index in [2.05, 4.69) is 0 Å². The number of carbonyl (C=O) groups is 2. The van der Waals surface area contributed by atoms with Gasteiger partial charge in [0.15, 0.2) is 0 Å². The summed E-state index contributed by atoms with van der Waals surface area (Å²) in [5, 5.41) is 29.0. The minimum atomic E-state index is -1.11. The van der Waals surface area contributed by atoms with Crippen LogP contribution in [-0.4, -0.2) is 75.0 Å². The highest BCUT2D eigenvalue weighted by Gasteiger charge is 2.41. The van der Waals surface area contributed by atoms with Crippen LogP contribution in [0.3, 0.4) is 0 Å². The second-order valence-corrected chi connectivity index (χ2v) is 5.97. The number of carboxylic acids is 1. The van der Waals surface area contributed by atoms with E-state index in [0.29, 0.717) is 12.8 Å². The number of amides is 2. The predicted octanol–water partition coefficient (Wildman–Crippen LogP) is -0.137. The van der Waals surface area contributed by atoms with Crippen LogP contribution >= 0.6 is 0 Å². The van der Waals surface area contributed by atoms with Crippen molar-refractivity contribution >= 4 is 12.0 Å². The van der Waals surface area contributed by atoms with Crippen LogP contribution < -0.4 is 0 Å². The molecule has 1 heterocycles. The fourth-order valence-corrected chi connectivity index (χ4v) is 3.18. The number of likely N-dealkylation sites (N-methyl/N-ethyl adjacent to an activating group) is 1. The second-order valence-electron chi connectivity index (χ2n) is 5.97. The van der Waals surface area contributed by atoms with Gasteiger partial charge in [-0.1, -0.05) is 12.8 Å². The normalized spacial score (nSPS) is 28.6. The number of carboxylic acid groups (broad SMARTS) is 1. The van der Waals surface area contributed by atoms with Crippen molar-refractivity contribution in [3.05, 3.63) is 0 Å². The highest BCUT2D eigenvalue weighted by Crippen LogP contribution is 2.30. The molecule has 0 aromatic heterocycles. The smallest absolute Gasteiger partial charge is 0.326 e. The first-order chi connectivity index (χ1) is 9.32. The number of carbonyl (C=O) groups excluding carboxylic acids is 1. The molecular formula is C13H22N2O5. The third kappa shape index (κ3) is 3.04. The van der Waals surface area contributed by atoms with Crippen LogP contribution in [0.15, 0.2) is 0 Å². The van der Waals surface area contributed by atoms with E-state index in [4.69, 9.17) is 5.11 Å². The van der Waals surface area contributed by atoms with Gasteiger partial charge in [0.1, 0.15) is 6.04 Å². The summed E-state index contributed by atoms with van der Waals surface area (Å²) in [7, 11) is 1.56. The zero-order chi connectivity index (χ0) is 14.9. The molecule has 2 aliphatic rings. The second kappa shape index (κ2) is 5.57. The van der Waals surface area contributed by atoms with Gasteiger partial charge in [0.2, 0.25) is 0 Å². The van der Waals surface area contributed by atoms with E-state index in [1.165, 1.54) is 9.80 Å². The first kappa shape index (κ1) is 15.1. The zero-order valence-corrected chi connectivity index (χ0v) is 11.7. The van der Waals surface area contributed by atoms with Crippen LogP contribution in [0.25, 0.3) is 0 Å². The summed E-state index contributed by atoms with van der Waals surface area (Å²) in [5.74, 6) is -1.11. The van der Waals surface area contributed by atoms with E-state index in [1.54, 1.807) is 7.05 Å². The van der Waals surface area contributed by atoms with Gasteiger partial charge in [0.05, 0.1) is 18.2 Å².